The molecule has 1 aromatic carbocycles. The first-order valence-corrected chi connectivity index (χ1v) is 5.35. The van der Waals surface area contributed by atoms with Gasteiger partial charge in [-0.1, -0.05) is 11.2 Å². The van der Waals surface area contributed by atoms with Gasteiger partial charge in [0.2, 0.25) is 0 Å². The van der Waals surface area contributed by atoms with E-state index in [0.29, 0.717) is 0 Å². The first kappa shape index (κ1) is 14.1. The molecule has 0 amide bonds. The van der Waals surface area contributed by atoms with Gasteiger partial charge in [0, 0.05) is 0 Å². The highest BCUT2D eigenvalue weighted by Crippen LogP contribution is 2.35. The van der Waals surface area contributed by atoms with Gasteiger partial charge in [-0.3, -0.25) is 0 Å². The number of nitrogens with zero attached hydrogens (tertiary/aromatic N) is 2. The minimum absolute atomic E-state index is 0.0953. The number of ether oxygens (including phenoxy) is 1. The molecular weight excluding hydrogens is 281 g/mol. The SMILES string of the molecule is Oc1cccc(O)c1-c1nc(COCC(F)(F)F)no1. The largest absolute Gasteiger partial charge is 0.507 e. The maximum atomic E-state index is 11.9. The minimum Gasteiger partial charge on any atom is -0.507 e. The van der Waals surface area contributed by atoms with E-state index in [-0.39, 0.29) is 28.8 Å². The molecule has 2 N–H and O–H groups in total. The van der Waals surface area contributed by atoms with E-state index in [1.54, 1.807) is 0 Å². The van der Waals surface area contributed by atoms with Gasteiger partial charge in [0.25, 0.3) is 5.89 Å². The van der Waals surface area contributed by atoms with Crippen molar-refractivity contribution in [3.8, 4) is 23.0 Å². The average Bonchev–Trinajstić information content (AvgIpc) is 2.75. The monoisotopic (exact) mass is 290 g/mol. The van der Waals surface area contributed by atoms with Crippen molar-refractivity contribution >= 4 is 0 Å². The van der Waals surface area contributed by atoms with E-state index in [1.807, 2.05) is 0 Å². The van der Waals surface area contributed by atoms with Crippen LogP contribution in [-0.4, -0.2) is 33.1 Å². The van der Waals surface area contributed by atoms with Crippen LogP contribution in [-0.2, 0) is 11.3 Å². The predicted octanol–water partition coefficient (Wildman–Crippen LogP) is 2.23. The molecule has 0 radical (unpaired) electrons. The molecule has 6 nitrogen and oxygen atoms in total. The van der Waals surface area contributed by atoms with Crippen LogP contribution in [0.2, 0.25) is 0 Å². The summed E-state index contributed by atoms with van der Waals surface area (Å²) in [6.45, 7) is -1.93. The van der Waals surface area contributed by atoms with Crippen LogP contribution >= 0.6 is 0 Å². The van der Waals surface area contributed by atoms with Crippen molar-refractivity contribution in [2.75, 3.05) is 6.61 Å². The van der Waals surface area contributed by atoms with Crippen LogP contribution in [0.5, 0.6) is 11.5 Å². The van der Waals surface area contributed by atoms with E-state index in [9.17, 15) is 23.4 Å². The zero-order chi connectivity index (χ0) is 14.8. The maximum absolute atomic E-state index is 11.9. The van der Waals surface area contributed by atoms with Crippen molar-refractivity contribution < 1.29 is 32.6 Å². The second-order valence-corrected chi connectivity index (χ2v) is 3.79. The van der Waals surface area contributed by atoms with Gasteiger partial charge in [0.1, 0.15) is 30.3 Å². The van der Waals surface area contributed by atoms with Crippen molar-refractivity contribution in [1.29, 1.82) is 0 Å². The molecule has 2 rings (SSSR count). The lowest BCUT2D eigenvalue weighted by Crippen LogP contribution is -2.16. The fourth-order valence-corrected chi connectivity index (χ4v) is 1.42. The maximum Gasteiger partial charge on any atom is 0.411 e. The summed E-state index contributed by atoms with van der Waals surface area (Å²) in [4.78, 5) is 3.73. The summed E-state index contributed by atoms with van der Waals surface area (Å²) in [6.07, 6.45) is -4.44. The number of phenols is 2. The smallest absolute Gasteiger partial charge is 0.411 e. The quantitative estimate of drug-likeness (QED) is 0.897. The van der Waals surface area contributed by atoms with Crippen molar-refractivity contribution in [3.63, 3.8) is 0 Å². The number of rotatable bonds is 4. The van der Waals surface area contributed by atoms with Gasteiger partial charge in [-0.25, -0.2) is 0 Å². The highest BCUT2D eigenvalue weighted by molar-refractivity contribution is 5.69. The van der Waals surface area contributed by atoms with Gasteiger partial charge in [-0.15, -0.1) is 0 Å². The molecular formula is C11H9F3N2O4. The molecule has 0 saturated carbocycles. The Morgan fingerprint density at radius 1 is 1.20 bits per heavy atom. The zero-order valence-corrected chi connectivity index (χ0v) is 9.89. The number of halogens is 3. The van der Waals surface area contributed by atoms with Crippen LogP contribution in [0.25, 0.3) is 11.5 Å². The highest BCUT2D eigenvalue weighted by atomic mass is 19.4. The summed E-state index contributed by atoms with van der Waals surface area (Å²) in [5, 5.41) is 22.5. The molecule has 2 aromatic rings. The summed E-state index contributed by atoms with van der Waals surface area (Å²) in [6, 6.07) is 3.98. The van der Waals surface area contributed by atoms with Crippen LogP contribution in [0.3, 0.4) is 0 Å². The van der Waals surface area contributed by atoms with E-state index in [0.717, 1.165) is 0 Å². The van der Waals surface area contributed by atoms with Gasteiger partial charge >= 0.3 is 6.18 Å². The van der Waals surface area contributed by atoms with Crippen LogP contribution in [0.15, 0.2) is 22.7 Å². The second-order valence-electron chi connectivity index (χ2n) is 3.79. The molecule has 0 saturated heterocycles. The van der Waals surface area contributed by atoms with E-state index >= 15 is 0 Å². The number of hydrogen-bond donors (Lipinski definition) is 2. The summed E-state index contributed by atoms with van der Waals surface area (Å²) < 4.78 is 44.7. The number of aromatic hydroxyl groups is 2. The first-order valence-electron chi connectivity index (χ1n) is 5.35. The Morgan fingerprint density at radius 3 is 2.45 bits per heavy atom. The summed E-state index contributed by atoms with van der Waals surface area (Å²) in [5.74, 6) is -0.939. The lowest BCUT2D eigenvalue weighted by Gasteiger charge is -2.04. The normalized spacial score (nSPS) is 11.8. The molecule has 0 unspecified atom stereocenters. The topological polar surface area (TPSA) is 88.6 Å². The van der Waals surface area contributed by atoms with Crippen LogP contribution in [0.4, 0.5) is 13.2 Å². The van der Waals surface area contributed by atoms with Crippen molar-refractivity contribution in [2.45, 2.75) is 12.8 Å². The minimum atomic E-state index is -4.44. The van der Waals surface area contributed by atoms with E-state index in [1.165, 1.54) is 18.2 Å². The van der Waals surface area contributed by atoms with E-state index in [4.69, 9.17) is 4.52 Å². The molecule has 9 heteroatoms. The second kappa shape index (κ2) is 5.37. The third kappa shape index (κ3) is 3.38. The molecule has 108 valence electrons. The van der Waals surface area contributed by atoms with Crippen molar-refractivity contribution in [2.24, 2.45) is 0 Å². The number of benzene rings is 1. The molecule has 0 aliphatic heterocycles. The molecule has 0 fully saturated rings. The molecule has 0 bridgehead atoms. The van der Waals surface area contributed by atoms with Gasteiger partial charge in [0.05, 0.1) is 0 Å². The molecule has 0 aliphatic rings. The van der Waals surface area contributed by atoms with Crippen molar-refractivity contribution in [3.05, 3.63) is 24.0 Å². The molecule has 1 heterocycles. The highest BCUT2D eigenvalue weighted by Gasteiger charge is 2.27. The predicted molar refractivity (Wildman–Crippen MR) is 58.8 cm³/mol. The lowest BCUT2D eigenvalue weighted by molar-refractivity contribution is -0.177. The molecule has 1 aromatic heterocycles. The Kier molecular flexibility index (Phi) is 3.79. The Morgan fingerprint density at radius 2 is 1.85 bits per heavy atom. The van der Waals surface area contributed by atoms with Crippen LogP contribution in [0.1, 0.15) is 5.82 Å². The van der Waals surface area contributed by atoms with Crippen LogP contribution < -0.4 is 0 Å². The lowest BCUT2D eigenvalue weighted by atomic mass is 10.2. The van der Waals surface area contributed by atoms with Crippen molar-refractivity contribution in [1.82, 2.24) is 10.1 Å². The Labute approximate surface area is 110 Å². The fourth-order valence-electron chi connectivity index (χ4n) is 1.42. The third-order valence-electron chi connectivity index (χ3n) is 2.20. The molecule has 20 heavy (non-hydrogen) atoms. The number of hydrogen-bond acceptors (Lipinski definition) is 6. The average molecular weight is 290 g/mol. The number of phenolic OH excluding ortho intramolecular Hbond substituents is 2. The fraction of sp³-hybridized carbons (Fsp3) is 0.273. The van der Waals surface area contributed by atoms with E-state index < -0.39 is 19.4 Å². The molecule has 0 spiro atoms. The standard InChI is InChI=1S/C11H9F3N2O4/c12-11(13,14)5-19-4-8-15-10(20-16-8)9-6(17)2-1-3-7(9)18/h1-3,17-18H,4-5H2. The molecule has 0 aliphatic carbocycles. The Hall–Kier alpha value is -2.29. The van der Waals surface area contributed by atoms with Gasteiger partial charge in [-0.2, -0.15) is 18.2 Å². The summed E-state index contributed by atoms with van der Waals surface area (Å²) in [5.41, 5.74) is -0.0953. The zero-order valence-electron chi connectivity index (χ0n) is 9.89. The van der Waals surface area contributed by atoms with Gasteiger partial charge in [-0.05, 0) is 12.1 Å². The van der Waals surface area contributed by atoms with Crippen LogP contribution in [0, 0.1) is 0 Å². The Balaban J connectivity index is 2.09. The number of alkyl halides is 3. The molecule has 0 atom stereocenters. The van der Waals surface area contributed by atoms with E-state index in [2.05, 4.69) is 14.9 Å². The summed E-state index contributed by atoms with van der Waals surface area (Å²) >= 11 is 0. The summed E-state index contributed by atoms with van der Waals surface area (Å²) in [7, 11) is 0. The first-order chi connectivity index (χ1) is 9.37. The Bertz CT molecular complexity index is 577. The van der Waals surface area contributed by atoms with Gasteiger partial charge in [0.15, 0.2) is 5.82 Å². The third-order valence-corrected chi connectivity index (χ3v) is 2.20. The number of aromatic nitrogens is 2. The van der Waals surface area contributed by atoms with Gasteiger partial charge < -0.3 is 19.5 Å².